The summed E-state index contributed by atoms with van der Waals surface area (Å²) in [5.74, 6) is -0.120. The van der Waals surface area contributed by atoms with Crippen molar-refractivity contribution >= 4 is 16.0 Å². The lowest BCUT2D eigenvalue weighted by Gasteiger charge is -2.16. The summed E-state index contributed by atoms with van der Waals surface area (Å²) in [6.45, 7) is 3.23. The molecule has 1 atom stereocenters. The molecule has 0 radical (unpaired) electrons. The molecule has 0 amide bonds. The molecule has 1 N–H and O–H groups in total. The van der Waals surface area contributed by atoms with E-state index < -0.39 is 16.3 Å². The van der Waals surface area contributed by atoms with E-state index in [1.54, 1.807) is 6.92 Å². The molecule has 0 aromatic rings. The highest BCUT2D eigenvalue weighted by Crippen LogP contribution is 1.95. The van der Waals surface area contributed by atoms with Crippen LogP contribution in [0, 0.1) is 0 Å². The minimum Gasteiger partial charge on any atom is -0.298 e. The molecule has 1 unspecified atom stereocenters. The van der Waals surface area contributed by atoms with Crippen molar-refractivity contribution in [2.45, 2.75) is 26.3 Å². The summed E-state index contributed by atoms with van der Waals surface area (Å²) in [4.78, 5) is 11.1. The third-order valence-electron chi connectivity index (χ3n) is 1.64. The summed E-state index contributed by atoms with van der Waals surface area (Å²) >= 11 is 0. The van der Waals surface area contributed by atoms with Gasteiger partial charge in [0.15, 0.2) is 0 Å². The van der Waals surface area contributed by atoms with Crippen LogP contribution in [0.2, 0.25) is 0 Å². The van der Waals surface area contributed by atoms with Crippen molar-refractivity contribution in [3.63, 3.8) is 0 Å². The van der Waals surface area contributed by atoms with Gasteiger partial charge in [0.05, 0.1) is 6.04 Å². The van der Waals surface area contributed by atoms with Gasteiger partial charge < -0.3 is 0 Å². The molecule has 6 heteroatoms. The summed E-state index contributed by atoms with van der Waals surface area (Å²) in [6, 6.07) is -0.655. The van der Waals surface area contributed by atoms with Crippen LogP contribution in [0.5, 0.6) is 0 Å². The number of carbonyl (C=O) groups excluding carboxylic acids is 1. The average Bonchev–Trinajstić information content (AvgIpc) is 2.01. The molecule has 0 saturated carbocycles. The molecule has 13 heavy (non-hydrogen) atoms. The molecule has 0 fully saturated rings. The van der Waals surface area contributed by atoms with Gasteiger partial charge in [0, 0.05) is 20.5 Å². The van der Waals surface area contributed by atoms with Gasteiger partial charge in [-0.3, -0.25) is 4.79 Å². The summed E-state index contributed by atoms with van der Waals surface area (Å²) in [5, 5.41) is 0. The third kappa shape index (κ3) is 3.84. The number of hydrogen-bond acceptors (Lipinski definition) is 3. The predicted octanol–water partition coefficient (Wildman–Crippen LogP) is -0.250. The number of hydrogen-bond donors (Lipinski definition) is 1. The van der Waals surface area contributed by atoms with Gasteiger partial charge in [0.2, 0.25) is 0 Å². The Balaban J connectivity index is 4.38. The summed E-state index contributed by atoms with van der Waals surface area (Å²) < 4.78 is 25.7. The van der Waals surface area contributed by atoms with Gasteiger partial charge in [-0.15, -0.1) is 0 Å². The first-order valence-corrected chi connectivity index (χ1v) is 5.47. The van der Waals surface area contributed by atoms with Gasteiger partial charge in [-0.05, 0) is 6.92 Å². The minimum absolute atomic E-state index is 0.120. The maximum absolute atomic E-state index is 11.2. The Morgan fingerprint density at radius 1 is 1.46 bits per heavy atom. The highest BCUT2D eigenvalue weighted by atomic mass is 32.2. The summed E-state index contributed by atoms with van der Waals surface area (Å²) in [6.07, 6.45) is 0.330. The van der Waals surface area contributed by atoms with Gasteiger partial charge in [0.25, 0.3) is 10.2 Å². The predicted molar refractivity (Wildman–Crippen MR) is 50.5 cm³/mol. The standard InChI is InChI=1S/C7H16N2O3S/c1-5-7(10)6(2)8-13(11,12)9(3)4/h6,8H,5H2,1-4H3. The van der Waals surface area contributed by atoms with Crippen LogP contribution in [0.1, 0.15) is 20.3 Å². The van der Waals surface area contributed by atoms with Crippen molar-refractivity contribution in [2.75, 3.05) is 14.1 Å². The van der Waals surface area contributed by atoms with E-state index in [0.29, 0.717) is 6.42 Å². The first kappa shape index (κ1) is 12.5. The van der Waals surface area contributed by atoms with E-state index in [1.807, 2.05) is 0 Å². The normalized spacial score (nSPS) is 14.5. The van der Waals surface area contributed by atoms with Crippen molar-refractivity contribution in [2.24, 2.45) is 0 Å². The van der Waals surface area contributed by atoms with Crippen molar-refractivity contribution < 1.29 is 13.2 Å². The molecule has 0 bridgehead atoms. The smallest absolute Gasteiger partial charge is 0.279 e. The van der Waals surface area contributed by atoms with Gasteiger partial charge in [-0.1, -0.05) is 6.92 Å². The molecule has 0 spiro atoms. The second-order valence-corrected chi connectivity index (χ2v) is 4.86. The topological polar surface area (TPSA) is 66.5 Å². The Morgan fingerprint density at radius 2 is 1.92 bits per heavy atom. The Labute approximate surface area is 79.3 Å². The third-order valence-corrected chi connectivity index (χ3v) is 3.25. The van der Waals surface area contributed by atoms with Crippen LogP contribution < -0.4 is 4.72 Å². The number of Topliss-reactive ketones (excluding diaryl/α,β-unsaturated/α-hetero) is 1. The zero-order valence-electron chi connectivity index (χ0n) is 8.36. The van der Waals surface area contributed by atoms with Crippen molar-refractivity contribution in [3.05, 3.63) is 0 Å². The lowest BCUT2D eigenvalue weighted by atomic mass is 10.2. The SMILES string of the molecule is CCC(=O)C(C)NS(=O)(=O)N(C)C. The van der Waals surface area contributed by atoms with E-state index in [4.69, 9.17) is 0 Å². The van der Waals surface area contributed by atoms with Gasteiger partial charge in [0.1, 0.15) is 5.78 Å². The fraction of sp³-hybridized carbons (Fsp3) is 0.857. The van der Waals surface area contributed by atoms with E-state index in [2.05, 4.69) is 4.72 Å². The van der Waals surface area contributed by atoms with Crippen LogP contribution in [0.15, 0.2) is 0 Å². The lowest BCUT2D eigenvalue weighted by molar-refractivity contribution is -0.119. The number of nitrogens with zero attached hydrogens (tertiary/aromatic N) is 1. The number of nitrogens with one attached hydrogen (secondary N) is 1. The fourth-order valence-electron chi connectivity index (χ4n) is 0.701. The molecular formula is C7H16N2O3S. The molecular weight excluding hydrogens is 192 g/mol. The zero-order valence-corrected chi connectivity index (χ0v) is 9.18. The van der Waals surface area contributed by atoms with Crippen LogP contribution in [0.25, 0.3) is 0 Å². The number of ketones is 1. The maximum atomic E-state index is 11.2. The van der Waals surface area contributed by atoms with Crippen LogP contribution in [-0.2, 0) is 15.0 Å². The molecule has 0 rings (SSSR count). The molecule has 5 nitrogen and oxygen atoms in total. The first-order valence-electron chi connectivity index (χ1n) is 4.03. The first-order chi connectivity index (χ1) is 5.81. The molecule has 0 aliphatic heterocycles. The van der Waals surface area contributed by atoms with Gasteiger partial charge in [-0.25, -0.2) is 0 Å². The van der Waals surface area contributed by atoms with Crippen LogP contribution in [0.3, 0.4) is 0 Å². The van der Waals surface area contributed by atoms with Crippen LogP contribution in [-0.4, -0.2) is 38.6 Å². The highest BCUT2D eigenvalue weighted by Gasteiger charge is 2.20. The number of carbonyl (C=O) groups is 1. The average molecular weight is 208 g/mol. The molecule has 0 aliphatic carbocycles. The Bertz CT molecular complexity index is 271. The van der Waals surface area contributed by atoms with Gasteiger partial charge >= 0.3 is 0 Å². The van der Waals surface area contributed by atoms with Crippen LogP contribution in [0.4, 0.5) is 0 Å². The molecule has 0 saturated heterocycles. The quantitative estimate of drug-likeness (QED) is 0.677. The molecule has 0 aliphatic rings. The van der Waals surface area contributed by atoms with Gasteiger partial charge in [-0.2, -0.15) is 17.4 Å². The van der Waals surface area contributed by atoms with Crippen LogP contribution >= 0.6 is 0 Å². The minimum atomic E-state index is -3.49. The Kier molecular flexibility index (Phi) is 4.52. The summed E-state index contributed by atoms with van der Waals surface area (Å²) in [7, 11) is -0.674. The fourth-order valence-corrected chi connectivity index (χ4v) is 1.49. The van der Waals surface area contributed by atoms with Crippen molar-refractivity contribution in [3.8, 4) is 0 Å². The molecule has 0 heterocycles. The number of rotatable bonds is 5. The largest absolute Gasteiger partial charge is 0.298 e. The maximum Gasteiger partial charge on any atom is 0.279 e. The lowest BCUT2D eigenvalue weighted by Crippen LogP contribution is -2.44. The second-order valence-electron chi connectivity index (χ2n) is 2.95. The second kappa shape index (κ2) is 4.69. The van der Waals surface area contributed by atoms with E-state index >= 15 is 0 Å². The van der Waals surface area contributed by atoms with Crippen molar-refractivity contribution in [1.82, 2.24) is 9.03 Å². The van der Waals surface area contributed by atoms with E-state index in [-0.39, 0.29) is 5.78 Å². The Hall–Kier alpha value is -0.460. The van der Waals surface area contributed by atoms with E-state index in [1.165, 1.54) is 21.0 Å². The molecule has 78 valence electrons. The Morgan fingerprint density at radius 3 is 2.23 bits per heavy atom. The highest BCUT2D eigenvalue weighted by molar-refractivity contribution is 7.87. The monoisotopic (exact) mass is 208 g/mol. The molecule has 0 aromatic carbocycles. The molecule has 0 aromatic heterocycles. The van der Waals surface area contributed by atoms with E-state index in [9.17, 15) is 13.2 Å². The van der Waals surface area contributed by atoms with E-state index in [0.717, 1.165) is 4.31 Å². The van der Waals surface area contributed by atoms with Crippen molar-refractivity contribution in [1.29, 1.82) is 0 Å². The zero-order chi connectivity index (χ0) is 10.6. The summed E-state index contributed by atoms with van der Waals surface area (Å²) in [5.41, 5.74) is 0.